The Kier molecular flexibility index (Phi) is 6.04. The van der Waals surface area contributed by atoms with Crippen molar-refractivity contribution < 1.29 is 9.53 Å². The lowest BCUT2D eigenvalue weighted by Crippen LogP contribution is -2.30. The van der Waals surface area contributed by atoms with Crippen molar-refractivity contribution in [2.24, 2.45) is 7.05 Å². The summed E-state index contributed by atoms with van der Waals surface area (Å²) in [7, 11) is 3.31. The number of hydrogen-bond acceptors (Lipinski definition) is 4. The molecule has 0 radical (unpaired) electrons. The van der Waals surface area contributed by atoms with E-state index in [1.807, 2.05) is 72.1 Å². The van der Waals surface area contributed by atoms with Crippen LogP contribution < -0.4 is 15.7 Å². The second-order valence-electron chi connectivity index (χ2n) is 7.12. The number of aromatic nitrogens is 2. The molecule has 0 fully saturated rings. The molecule has 7 heteroatoms. The van der Waals surface area contributed by atoms with Gasteiger partial charge in [0.1, 0.15) is 11.4 Å². The van der Waals surface area contributed by atoms with Gasteiger partial charge >= 0.3 is 5.69 Å². The number of carbonyl (C=O) groups excluding carboxylic acids is 1. The van der Waals surface area contributed by atoms with E-state index >= 15 is 0 Å². The third kappa shape index (κ3) is 4.32. The van der Waals surface area contributed by atoms with Crippen LogP contribution in [0.25, 0.3) is 10.6 Å². The number of thiophene rings is 1. The van der Waals surface area contributed by atoms with E-state index in [0.717, 1.165) is 21.8 Å². The Labute approximate surface area is 184 Å². The van der Waals surface area contributed by atoms with E-state index in [9.17, 15) is 9.59 Å². The van der Waals surface area contributed by atoms with Crippen LogP contribution in [0.5, 0.6) is 5.75 Å². The number of ether oxygens (including phenoxy) is 1. The molecule has 31 heavy (non-hydrogen) atoms. The zero-order chi connectivity index (χ0) is 21.8. The summed E-state index contributed by atoms with van der Waals surface area (Å²) in [5.74, 6) is 0.461. The molecular formula is C24H23N3O3S. The number of rotatable bonds is 7. The molecule has 0 spiro atoms. The van der Waals surface area contributed by atoms with E-state index in [1.165, 1.54) is 15.9 Å². The highest BCUT2D eigenvalue weighted by atomic mass is 32.1. The summed E-state index contributed by atoms with van der Waals surface area (Å²) in [5.41, 5.74) is 2.65. The molecule has 0 aliphatic heterocycles. The maximum atomic E-state index is 13.3. The van der Waals surface area contributed by atoms with E-state index in [0.29, 0.717) is 17.9 Å². The van der Waals surface area contributed by atoms with Gasteiger partial charge in [0.05, 0.1) is 24.2 Å². The number of hydrogen-bond donors (Lipinski definition) is 1. The van der Waals surface area contributed by atoms with E-state index < -0.39 is 0 Å². The van der Waals surface area contributed by atoms with Crippen LogP contribution in [0.3, 0.4) is 0 Å². The van der Waals surface area contributed by atoms with Crippen molar-refractivity contribution in [3.63, 3.8) is 0 Å². The van der Waals surface area contributed by atoms with Gasteiger partial charge in [0, 0.05) is 13.6 Å². The Bertz CT molecular complexity index is 1220. The van der Waals surface area contributed by atoms with Gasteiger partial charge in [-0.3, -0.25) is 13.9 Å². The van der Waals surface area contributed by atoms with Gasteiger partial charge in [-0.25, -0.2) is 4.79 Å². The SMILES string of the molecule is COc1ccc(Cn2c(C(=O)NCc3ccccc3)c(-c3cccs3)n(C)c2=O)cc1. The minimum Gasteiger partial charge on any atom is -0.497 e. The highest BCUT2D eigenvalue weighted by molar-refractivity contribution is 7.13. The Balaban J connectivity index is 1.73. The van der Waals surface area contributed by atoms with E-state index in [4.69, 9.17) is 4.74 Å². The van der Waals surface area contributed by atoms with Crippen LogP contribution in [0.1, 0.15) is 21.6 Å². The van der Waals surface area contributed by atoms with Crippen molar-refractivity contribution in [3.8, 4) is 16.3 Å². The first-order valence-electron chi connectivity index (χ1n) is 9.87. The minimum absolute atomic E-state index is 0.232. The van der Waals surface area contributed by atoms with Crippen LogP contribution in [0.4, 0.5) is 0 Å². The second kappa shape index (κ2) is 9.06. The molecule has 6 nitrogen and oxygen atoms in total. The predicted molar refractivity (Wildman–Crippen MR) is 123 cm³/mol. The lowest BCUT2D eigenvalue weighted by atomic mass is 10.2. The molecule has 0 aliphatic rings. The number of benzene rings is 2. The van der Waals surface area contributed by atoms with Crippen molar-refractivity contribution in [3.05, 3.63) is 99.4 Å². The van der Waals surface area contributed by atoms with Gasteiger partial charge in [0.2, 0.25) is 0 Å². The predicted octanol–water partition coefficient (Wildman–Crippen LogP) is 3.90. The average molecular weight is 434 g/mol. The first kappa shape index (κ1) is 20.7. The summed E-state index contributed by atoms with van der Waals surface area (Å²) in [6, 6.07) is 21.0. The average Bonchev–Trinajstić information content (AvgIpc) is 3.41. The Hall–Kier alpha value is -3.58. The third-order valence-corrected chi connectivity index (χ3v) is 5.99. The molecule has 1 N–H and O–H groups in total. The molecule has 2 heterocycles. The van der Waals surface area contributed by atoms with E-state index in [-0.39, 0.29) is 18.1 Å². The highest BCUT2D eigenvalue weighted by Gasteiger charge is 2.25. The fraction of sp³-hybridized carbons (Fsp3) is 0.167. The van der Waals surface area contributed by atoms with Crippen LogP contribution in [0.15, 0.2) is 76.9 Å². The van der Waals surface area contributed by atoms with Gasteiger partial charge in [0.15, 0.2) is 0 Å². The van der Waals surface area contributed by atoms with Gasteiger partial charge in [-0.05, 0) is 34.7 Å². The van der Waals surface area contributed by atoms with Gasteiger partial charge < -0.3 is 10.1 Å². The lowest BCUT2D eigenvalue weighted by molar-refractivity contribution is 0.0942. The second-order valence-corrected chi connectivity index (χ2v) is 8.07. The summed E-state index contributed by atoms with van der Waals surface area (Å²) < 4.78 is 8.30. The van der Waals surface area contributed by atoms with Crippen molar-refractivity contribution in [2.75, 3.05) is 7.11 Å². The smallest absolute Gasteiger partial charge is 0.329 e. The standard InChI is InChI=1S/C24H23N3O3S/c1-26-21(20-9-6-14-31-20)22(23(28)25-15-17-7-4-3-5-8-17)27(24(26)29)16-18-10-12-19(30-2)13-11-18/h3-14H,15-16H2,1-2H3,(H,25,28). The Morgan fingerprint density at radius 1 is 1.00 bits per heavy atom. The summed E-state index contributed by atoms with van der Waals surface area (Å²) in [5, 5.41) is 4.91. The molecule has 4 rings (SSSR count). The number of nitrogens with zero attached hydrogens (tertiary/aromatic N) is 2. The van der Waals surface area contributed by atoms with Crippen molar-refractivity contribution in [1.29, 1.82) is 0 Å². The maximum Gasteiger partial charge on any atom is 0.329 e. The first-order valence-corrected chi connectivity index (χ1v) is 10.7. The molecule has 0 aliphatic carbocycles. The molecule has 158 valence electrons. The molecule has 4 aromatic rings. The van der Waals surface area contributed by atoms with Gasteiger partial charge in [0.25, 0.3) is 5.91 Å². The molecule has 1 amide bonds. The fourth-order valence-electron chi connectivity index (χ4n) is 3.51. The van der Waals surface area contributed by atoms with E-state index in [1.54, 1.807) is 18.7 Å². The van der Waals surface area contributed by atoms with Crippen LogP contribution in [0.2, 0.25) is 0 Å². The molecule has 0 atom stereocenters. The van der Waals surface area contributed by atoms with Crippen molar-refractivity contribution in [2.45, 2.75) is 13.1 Å². The number of methoxy groups -OCH3 is 1. The van der Waals surface area contributed by atoms with Crippen LogP contribution in [0, 0.1) is 0 Å². The summed E-state index contributed by atoms with van der Waals surface area (Å²) in [6.45, 7) is 0.672. The zero-order valence-corrected chi connectivity index (χ0v) is 18.2. The molecule has 0 bridgehead atoms. The van der Waals surface area contributed by atoms with Gasteiger partial charge in [-0.2, -0.15) is 0 Å². The monoisotopic (exact) mass is 433 g/mol. The highest BCUT2D eigenvalue weighted by Crippen LogP contribution is 2.28. The van der Waals surface area contributed by atoms with E-state index in [2.05, 4.69) is 5.32 Å². The van der Waals surface area contributed by atoms with Gasteiger partial charge in [-0.1, -0.05) is 48.5 Å². The normalized spacial score (nSPS) is 10.8. The number of carbonyl (C=O) groups is 1. The maximum absolute atomic E-state index is 13.3. The largest absolute Gasteiger partial charge is 0.497 e. The quantitative estimate of drug-likeness (QED) is 0.481. The van der Waals surface area contributed by atoms with Crippen LogP contribution in [-0.4, -0.2) is 22.2 Å². The molecule has 2 aromatic carbocycles. The summed E-state index contributed by atoms with van der Waals surface area (Å²) >= 11 is 1.50. The minimum atomic E-state index is -0.279. The van der Waals surface area contributed by atoms with Crippen LogP contribution in [-0.2, 0) is 20.1 Å². The number of amides is 1. The Morgan fingerprint density at radius 3 is 2.39 bits per heavy atom. The summed E-state index contributed by atoms with van der Waals surface area (Å²) in [6.07, 6.45) is 0. The van der Waals surface area contributed by atoms with Crippen molar-refractivity contribution >= 4 is 17.2 Å². The topological polar surface area (TPSA) is 65.3 Å². The fourth-order valence-corrected chi connectivity index (χ4v) is 4.31. The number of nitrogens with one attached hydrogen (secondary N) is 1. The molecule has 0 saturated carbocycles. The first-order chi connectivity index (χ1) is 15.1. The molecule has 0 unspecified atom stereocenters. The van der Waals surface area contributed by atoms with Gasteiger partial charge in [-0.15, -0.1) is 11.3 Å². The Morgan fingerprint density at radius 2 is 1.74 bits per heavy atom. The van der Waals surface area contributed by atoms with Crippen molar-refractivity contribution in [1.82, 2.24) is 14.5 Å². The van der Waals surface area contributed by atoms with Crippen LogP contribution >= 0.6 is 11.3 Å². The molecular weight excluding hydrogens is 410 g/mol. The third-order valence-electron chi connectivity index (χ3n) is 5.11. The zero-order valence-electron chi connectivity index (χ0n) is 17.4. The lowest BCUT2D eigenvalue weighted by Gasteiger charge is -2.11. The summed E-state index contributed by atoms with van der Waals surface area (Å²) in [4.78, 5) is 27.3. The molecule has 0 saturated heterocycles. The number of imidazole rings is 1. The molecule has 2 aromatic heterocycles.